The van der Waals surface area contributed by atoms with E-state index < -0.39 is 0 Å². The molecule has 1 amide bonds. The van der Waals surface area contributed by atoms with E-state index in [-0.39, 0.29) is 5.91 Å². The summed E-state index contributed by atoms with van der Waals surface area (Å²) in [6.07, 6.45) is 3.16. The Morgan fingerprint density at radius 1 is 1.53 bits per heavy atom. The SMILES string of the molecule is Cc1ccc(C#CCN)cc1C(=O)Nc1cn[nH]c1. The molecule has 96 valence electrons. The first-order valence-corrected chi connectivity index (χ1v) is 5.80. The Hall–Kier alpha value is -2.58. The number of nitrogens with one attached hydrogen (secondary N) is 2. The van der Waals surface area contributed by atoms with Gasteiger partial charge in [-0.15, -0.1) is 0 Å². The van der Waals surface area contributed by atoms with E-state index in [2.05, 4.69) is 27.4 Å². The number of aromatic amines is 1. The highest BCUT2D eigenvalue weighted by molar-refractivity contribution is 6.05. The zero-order chi connectivity index (χ0) is 13.7. The third-order valence-corrected chi connectivity index (χ3v) is 2.57. The van der Waals surface area contributed by atoms with E-state index in [4.69, 9.17) is 5.73 Å². The topological polar surface area (TPSA) is 83.8 Å². The molecule has 0 unspecified atom stereocenters. The van der Waals surface area contributed by atoms with Gasteiger partial charge in [0.25, 0.3) is 5.91 Å². The first-order valence-electron chi connectivity index (χ1n) is 5.80. The van der Waals surface area contributed by atoms with Crippen molar-refractivity contribution in [1.82, 2.24) is 10.2 Å². The summed E-state index contributed by atoms with van der Waals surface area (Å²) in [6.45, 7) is 2.18. The van der Waals surface area contributed by atoms with Crippen molar-refractivity contribution in [3.63, 3.8) is 0 Å². The molecule has 2 rings (SSSR count). The first kappa shape index (κ1) is 12.9. The fourth-order valence-electron chi connectivity index (χ4n) is 1.62. The molecule has 0 aliphatic carbocycles. The minimum Gasteiger partial charge on any atom is -0.320 e. The lowest BCUT2D eigenvalue weighted by molar-refractivity contribution is 0.102. The number of aromatic nitrogens is 2. The van der Waals surface area contributed by atoms with Gasteiger partial charge in [-0.25, -0.2) is 0 Å². The van der Waals surface area contributed by atoms with E-state index in [0.717, 1.165) is 11.1 Å². The lowest BCUT2D eigenvalue weighted by atomic mass is 10.0. The quantitative estimate of drug-likeness (QED) is 0.706. The molecule has 0 spiro atoms. The second kappa shape index (κ2) is 5.85. The third-order valence-electron chi connectivity index (χ3n) is 2.57. The number of benzene rings is 1. The van der Waals surface area contributed by atoms with Gasteiger partial charge in [0.15, 0.2) is 0 Å². The Balaban J connectivity index is 2.25. The van der Waals surface area contributed by atoms with Crippen LogP contribution in [-0.2, 0) is 0 Å². The maximum atomic E-state index is 12.1. The molecule has 1 aromatic heterocycles. The van der Waals surface area contributed by atoms with Crippen LogP contribution in [0.5, 0.6) is 0 Å². The van der Waals surface area contributed by atoms with Gasteiger partial charge in [0.2, 0.25) is 0 Å². The Bertz CT molecular complexity index is 635. The van der Waals surface area contributed by atoms with Crippen molar-refractivity contribution in [2.45, 2.75) is 6.92 Å². The summed E-state index contributed by atoms with van der Waals surface area (Å²) in [7, 11) is 0. The highest BCUT2D eigenvalue weighted by Gasteiger charge is 2.10. The van der Waals surface area contributed by atoms with Gasteiger partial charge in [-0.2, -0.15) is 5.10 Å². The molecule has 19 heavy (non-hydrogen) atoms. The smallest absolute Gasteiger partial charge is 0.256 e. The molecule has 1 aromatic carbocycles. The van der Waals surface area contributed by atoms with E-state index in [9.17, 15) is 4.79 Å². The molecule has 0 radical (unpaired) electrons. The lowest BCUT2D eigenvalue weighted by Gasteiger charge is -2.06. The minimum absolute atomic E-state index is 0.185. The predicted molar refractivity (Wildman–Crippen MR) is 73.7 cm³/mol. The number of H-pyrrole nitrogens is 1. The molecular weight excluding hydrogens is 240 g/mol. The molecular formula is C14H14N4O. The van der Waals surface area contributed by atoms with Crippen LogP contribution in [0.4, 0.5) is 5.69 Å². The number of nitrogens with two attached hydrogens (primary N) is 1. The fourth-order valence-corrected chi connectivity index (χ4v) is 1.62. The Morgan fingerprint density at radius 3 is 3.05 bits per heavy atom. The Morgan fingerprint density at radius 2 is 2.37 bits per heavy atom. The van der Waals surface area contributed by atoms with E-state index in [0.29, 0.717) is 17.8 Å². The molecule has 0 bridgehead atoms. The average molecular weight is 254 g/mol. The van der Waals surface area contributed by atoms with Crippen molar-refractivity contribution < 1.29 is 4.79 Å². The third kappa shape index (κ3) is 3.21. The van der Waals surface area contributed by atoms with Crippen molar-refractivity contribution in [3.05, 3.63) is 47.3 Å². The van der Waals surface area contributed by atoms with E-state index >= 15 is 0 Å². The maximum Gasteiger partial charge on any atom is 0.256 e. The maximum absolute atomic E-state index is 12.1. The first-order chi connectivity index (χ1) is 9.20. The monoisotopic (exact) mass is 254 g/mol. The molecule has 0 aliphatic rings. The summed E-state index contributed by atoms with van der Waals surface area (Å²) >= 11 is 0. The van der Waals surface area contributed by atoms with Gasteiger partial charge in [0.1, 0.15) is 0 Å². The zero-order valence-corrected chi connectivity index (χ0v) is 10.5. The number of hydrogen-bond acceptors (Lipinski definition) is 3. The number of anilines is 1. The van der Waals surface area contributed by atoms with E-state index in [1.807, 2.05) is 19.1 Å². The average Bonchev–Trinajstić information content (AvgIpc) is 2.90. The van der Waals surface area contributed by atoms with Crippen LogP contribution in [0.3, 0.4) is 0 Å². The number of rotatable bonds is 2. The van der Waals surface area contributed by atoms with Crippen LogP contribution in [0.15, 0.2) is 30.6 Å². The van der Waals surface area contributed by atoms with Crippen molar-refractivity contribution in [2.75, 3.05) is 11.9 Å². The van der Waals surface area contributed by atoms with E-state index in [1.165, 1.54) is 0 Å². The predicted octanol–water partition coefficient (Wildman–Crippen LogP) is 1.28. The van der Waals surface area contributed by atoms with Crippen molar-refractivity contribution in [3.8, 4) is 11.8 Å². The number of amides is 1. The lowest BCUT2D eigenvalue weighted by Crippen LogP contribution is -2.13. The number of aryl methyl sites for hydroxylation is 1. The summed E-state index contributed by atoms with van der Waals surface area (Å²) < 4.78 is 0. The molecule has 2 aromatic rings. The van der Waals surface area contributed by atoms with E-state index in [1.54, 1.807) is 18.5 Å². The van der Waals surface area contributed by atoms with Crippen LogP contribution in [0.2, 0.25) is 0 Å². The van der Waals surface area contributed by atoms with Crippen molar-refractivity contribution >= 4 is 11.6 Å². The van der Waals surface area contributed by atoms with Gasteiger partial charge in [0, 0.05) is 17.3 Å². The minimum atomic E-state index is -0.185. The van der Waals surface area contributed by atoms with Gasteiger partial charge in [-0.3, -0.25) is 9.89 Å². The van der Waals surface area contributed by atoms with Crippen molar-refractivity contribution in [2.24, 2.45) is 5.73 Å². The number of carbonyl (C=O) groups is 1. The van der Waals surface area contributed by atoms with Crippen LogP contribution in [0.1, 0.15) is 21.5 Å². The van der Waals surface area contributed by atoms with Gasteiger partial charge in [-0.05, 0) is 24.6 Å². The molecule has 4 N–H and O–H groups in total. The number of nitrogens with zero attached hydrogens (tertiary/aromatic N) is 1. The second-order valence-corrected chi connectivity index (χ2v) is 3.98. The van der Waals surface area contributed by atoms with Crippen molar-refractivity contribution in [1.29, 1.82) is 0 Å². The van der Waals surface area contributed by atoms with Crippen LogP contribution in [0, 0.1) is 18.8 Å². The summed E-state index contributed by atoms with van der Waals surface area (Å²) in [5.41, 5.74) is 8.21. The highest BCUT2D eigenvalue weighted by atomic mass is 16.1. The number of carbonyl (C=O) groups excluding carboxylic acids is 1. The molecule has 5 heteroatoms. The van der Waals surface area contributed by atoms with Crippen LogP contribution in [0.25, 0.3) is 0 Å². The Kier molecular flexibility index (Phi) is 3.96. The second-order valence-electron chi connectivity index (χ2n) is 3.98. The summed E-state index contributed by atoms with van der Waals surface area (Å²) in [5, 5.41) is 9.17. The zero-order valence-electron chi connectivity index (χ0n) is 10.5. The molecule has 0 saturated carbocycles. The largest absolute Gasteiger partial charge is 0.320 e. The van der Waals surface area contributed by atoms with Gasteiger partial charge in [0.05, 0.1) is 18.4 Å². The standard InChI is InChI=1S/C14H14N4O/c1-10-4-5-11(3-2-6-15)7-13(10)14(19)18-12-8-16-17-9-12/h4-5,7-9H,6,15H2,1H3,(H,16,17)(H,18,19). The fraction of sp³-hybridized carbons (Fsp3) is 0.143. The summed E-state index contributed by atoms with van der Waals surface area (Å²) in [4.78, 5) is 12.1. The molecule has 0 saturated heterocycles. The molecule has 5 nitrogen and oxygen atoms in total. The summed E-state index contributed by atoms with van der Waals surface area (Å²) in [5.74, 6) is 5.49. The highest BCUT2D eigenvalue weighted by Crippen LogP contribution is 2.13. The molecule has 0 fully saturated rings. The van der Waals surface area contributed by atoms with Crippen LogP contribution < -0.4 is 11.1 Å². The molecule has 1 heterocycles. The normalized spacial score (nSPS) is 9.58. The van der Waals surface area contributed by atoms with Gasteiger partial charge >= 0.3 is 0 Å². The van der Waals surface area contributed by atoms with Crippen LogP contribution in [-0.4, -0.2) is 22.6 Å². The molecule has 0 aliphatic heterocycles. The molecule has 0 atom stereocenters. The van der Waals surface area contributed by atoms with Gasteiger partial charge in [-0.1, -0.05) is 17.9 Å². The number of hydrogen-bond donors (Lipinski definition) is 3. The Labute approximate surface area is 111 Å². The van der Waals surface area contributed by atoms with Crippen LogP contribution >= 0.6 is 0 Å². The summed E-state index contributed by atoms with van der Waals surface area (Å²) in [6, 6.07) is 5.49. The van der Waals surface area contributed by atoms with Gasteiger partial charge < -0.3 is 11.1 Å².